The second kappa shape index (κ2) is 6.49. The molecule has 0 saturated carbocycles. The van der Waals surface area contributed by atoms with Gasteiger partial charge in [0.2, 0.25) is 0 Å². The molecule has 1 amide bonds. The van der Waals surface area contributed by atoms with Crippen LogP contribution in [-0.2, 0) is 0 Å². The molecule has 0 aliphatic heterocycles. The summed E-state index contributed by atoms with van der Waals surface area (Å²) >= 11 is 9.13. The summed E-state index contributed by atoms with van der Waals surface area (Å²) in [4.78, 5) is 20.4. The van der Waals surface area contributed by atoms with E-state index in [1.54, 1.807) is 6.07 Å². The molecule has 0 aliphatic rings. The van der Waals surface area contributed by atoms with Crippen molar-refractivity contribution in [3.63, 3.8) is 0 Å². The van der Waals surface area contributed by atoms with Gasteiger partial charge in [0, 0.05) is 10.4 Å². The number of hydrogen-bond donors (Lipinski definition) is 1. The van der Waals surface area contributed by atoms with Crippen LogP contribution in [0.3, 0.4) is 0 Å². The van der Waals surface area contributed by atoms with E-state index in [0.717, 1.165) is 0 Å². The Bertz CT molecular complexity index is 674. The molecular formula is C14H12BrClFN3O. The predicted molar refractivity (Wildman–Crippen MR) is 83.2 cm³/mol. The minimum absolute atomic E-state index is 0.0190. The van der Waals surface area contributed by atoms with E-state index in [4.69, 9.17) is 11.6 Å². The highest BCUT2D eigenvalue weighted by Crippen LogP contribution is 2.26. The van der Waals surface area contributed by atoms with Crippen LogP contribution in [0.15, 0.2) is 28.9 Å². The molecule has 0 saturated heterocycles. The van der Waals surface area contributed by atoms with E-state index in [-0.39, 0.29) is 22.3 Å². The molecule has 1 aromatic heterocycles. The molecule has 0 spiro atoms. The summed E-state index contributed by atoms with van der Waals surface area (Å²) in [6, 6.07) is 4.41. The smallest absolute Gasteiger partial charge is 0.276 e. The molecular weight excluding hydrogens is 361 g/mol. The van der Waals surface area contributed by atoms with E-state index in [9.17, 15) is 9.18 Å². The molecule has 0 bridgehead atoms. The Morgan fingerprint density at radius 1 is 1.43 bits per heavy atom. The first-order valence-corrected chi connectivity index (χ1v) is 7.35. The maximum Gasteiger partial charge on any atom is 0.276 e. The number of para-hydroxylation sites is 1. The predicted octanol–water partition coefficient (Wildman–Crippen LogP) is 4.41. The van der Waals surface area contributed by atoms with Crippen molar-refractivity contribution in [1.82, 2.24) is 9.97 Å². The first kappa shape index (κ1) is 15.9. The van der Waals surface area contributed by atoms with Crippen molar-refractivity contribution in [2.45, 2.75) is 19.8 Å². The fraction of sp³-hybridized carbons (Fsp3) is 0.214. The summed E-state index contributed by atoms with van der Waals surface area (Å²) in [5, 5.41) is 2.58. The first-order chi connectivity index (χ1) is 9.90. The van der Waals surface area contributed by atoms with Crippen LogP contribution in [0.1, 0.15) is 36.1 Å². The average Bonchev–Trinajstić information content (AvgIpc) is 2.43. The van der Waals surface area contributed by atoms with Gasteiger partial charge in [-0.15, -0.1) is 0 Å². The Hall–Kier alpha value is -1.53. The number of carbonyl (C=O) groups excluding carboxylic acids is 1. The highest BCUT2D eigenvalue weighted by Gasteiger charge is 2.18. The molecule has 4 nitrogen and oxygen atoms in total. The molecule has 0 aliphatic carbocycles. The van der Waals surface area contributed by atoms with E-state index >= 15 is 0 Å². The summed E-state index contributed by atoms with van der Waals surface area (Å²) in [5.41, 5.74) is 0.0637. The van der Waals surface area contributed by atoms with Crippen molar-refractivity contribution in [2.75, 3.05) is 5.32 Å². The zero-order valence-corrected chi connectivity index (χ0v) is 13.7. The van der Waals surface area contributed by atoms with E-state index in [1.165, 1.54) is 18.3 Å². The van der Waals surface area contributed by atoms with Crippen LogP contribution in [-0.4, -0.2) is 15.9 Å². The Morgan fingerprint density at radius 3 is 2.76 bits per heavy atom. The van der Waals surface area contributed by atoms with Crippen LogP contribution < -0.4 is 5.32 Å². The fourth-order valence-corrected chi connectivity index (χ4v) is 2.23. The second-order valence-electron chi connectivity index (χ2n) is 4.63. The molecule has 0 fully saturated rings. The molecule has 110 valence electrons. The Labute approximate surface area is 134 Å². The van der Waals surface area contributed by atoms with E-state index in [0.29, 0.717) is 10.3 Å². The van der Waals surface area contributed by atoms with Gasteiger partial charge in [-0.1, -0.05) is 31.5 Å². The van der Waals surface area contributed by atoms with Gasteiger partial charge in [-0.3, -0.25) is 4.79 Å². The van der Waals surface area contributed by atoms with Gasteiger partial charge < -0.3 is 5.32 Å². The van der Waals surface area contributed by atoms with E-state index < -0.39 is 11.7 Å². The number of benzene rings is 1. The summed E-state index contributed by atoms with van der Waals surface area (Å²) in [6.07, 6.45) is 1.37. The van der Waals surface area contributed by atoms with Gasteiger partial charge in [-0.05, 0) is 28.1 Å². The fourth-order valence-electron chi connectivity index (χ4n) is 1.61. The number of nitrogens with one attached hydrogen (secondary N) is 1. The number of aromatic nitrogens is 2. The van der Waals surface area contributed by atoms with E-state index in [2.05, 4.69) is 31.2 Å². The number of anilines is 1. The Balaban J connectivity index is 2.35. The van der Waals surface area contributed by atoms with Crippen LogP contribution in [0, 0.1) is 5.82 Å². The highest BCUT2D eigenvalue weighted by molar-refractivity contribution is 9.10. The van der Waals surface area contributed by atoms with Gasteiger partial charge in [0.1, 0.15) is 11.6 Å². The maximum absolute atomic E-state index is 13.7. The molecule has 21 heavy (non-hydrogen) atoms. The minimum atomic E-state index is -0.588. The monoisotopic (exact) mass is 371 g/mol. The van der Waals surface area contributed by atoms with Crippen molar-refractivity contribution < 1.29 is 9.18 Å². The van der Waals surface area contributed by atoms with Crippen molar-refractivity contribution in [3.8, 4) is 0 Å². The molecule has 1 N–H and O–H groups in total. The van der Waals surface area contributed by atoms with E-state index in [1.807, 2.05) is 13.8 Å². The normalized spacial score (nSPS) is 10.8. The molecule has 1 aromatic carbocycles. The number of amides is 1. The minimum Gasteiger partial charge on any atom is -0.317 e. The van der Waals surface area contributed by atoms with Crippen molar-refractivity contribution in [3.05, 3.63) is 51.2 Å². The summed E-state index contributed by atoms with van der Waals surface area (Å²) in [6.45, 7) is 3.80. The van der Waals surface area contributed by atoms with Crippen molar-refractivity contribution >= 4 is 39.1 Å². The van der Waals surface area contributed by atoms with Gasteiger partial charge in [0.25, 0.3) is 5.91 Å². The second-order valence-corrected chi connectivity index (χ2v) is 5.89. The summed E-state index contributed by atoms with van der Waals surface area (Å²) in [5.74, 6) is -0.590. The largest absolute Gasteiger partial charge is 0.317 e. The Morgan fingerprint density at radius 2 is 2.14 bits per heavy atom. The first-order valence-electron chi connectivity index (χ1n) is 6.18. The highest BCUT2D eigenvalue weighted by atomic mass is 79.9. The van der Waals surface area contributed by atoms with Gasteiger partial charge in [0.05, 0.1) is 16.9 Å². The van der Waals surface area contributed by atoms with Gasteiger partial charge in [-0.25, -0.2) is 14.4 Å². The number of rotatable bonds is 3. The molecule has 2 aromatic rings. The molecule has 0 atom stereocenters. The van der Waals surface area contributed by atoms with Crippen molar-refractivity contribution in [1.29, 1.82) is 0 Å². The van der Waals surface area contributed by atoms with Crippen LogP contribution in [0.5, 0.6) is 0 Å². The SMILES string of the molecule is CC(C)c1ncc(Cl)c(C(=O)Nc2c(F)cccc2Br)n1. The van der Waals surface area contributed by atoms with Crippen LogP contribution in [0.2, 0.25) is 5.02 Å². The van der Waals surface area contributed by atoms with Crippen molar-refractivity contribution in [2.24, 2.45) is 0 Å². The van der Waals surface area contributed by atoms with Gasteiger partial charge in [-0.2, -0.15) is 0 Å². The molecule has 0 radical (unpaired) electrons. The lowest BCUT2D eigenvalue weighted by molar-refractivity contribution is 0.102. The third-order valence-electron chi connectivity index (χ3n) is 2.70. The molecule has 0 unspecified atom stereocenters. The average molecular weight is 373 g/mol. The molecule has 7 heteroatoms. The lowest BCUT2D eigenvalue weighted by atomic mass is 10.2. The van der Waals surface area contributed by atoms with Gasteiger partial charge in [0.15, 0.2) is 5.69 Å². The zero-order chi connectivity index (χ0) is 15.6. The number of nitrogens with zero attached hydrogens (tertiary/aromatic N) is 2. The maximum atomic E-state index is 13.7. The third kappa shape index (κ3) is 3.57. The number of carbonyl (C=O) groups is 1. The lowest BCUT2D eigenvalue weighted by Gasteiger charge is -2.10. The molecule has 2 rings (SSSR count). The quantitative estimate of drug-likeness (QED) is 0.868. The number of halogens is 3. The third-order valence-corrected chi connectivity index (χ3v) is 3.63. The van der Waals surface area contributed by atoms with Crippen LogP contribution in [0.4, 0.5) is 10.1 Å². The summed E-state index contributed by atoms with van der Waals surface area (Å²) < 4.78 is 14.2. The Kier molecular flexibility index (Phi) is 4.90. The summed E-state index contributed by atoms with van der Waals surface area (Å²) in [7, 11) is 0. The lowest BCUT2D eigenvalue weighted by Crippen LogP contribution is -2.17. The van der Waals surface area contributed by atoms with Crippen LogP contribution in [0.25, 0.3) is 0 Å². The topological polar surface area (TPSA) is 54.9 Å². The van der Waals surface area contributed by atoms with Gasteiger partial charge >= 0.3 is 0 Å². The number of hydrogen-bond acceptors (Lipinski definition) is 3. The molecule has 1 heterocycles. The standard InChI is InChI=1S/C14H12BrClFN3O/c1-7(2)13-18-6-9(16)12(19-13)14(21)20-11-8(15)4-3-5-10(11)17/h3-7H,1-2H3,(H,20,21). The zero-order valence-electron chi connectivity index (χ0n) is 11.3. The van der Waals surface area contributed by atoms with Crippen LogP contribution >= 0.6 is 27.5 Å².